The summed E-state index contributed by atoms with van der Waals surface area (Å²) in [5, 5.41) is 25.1. The molecule has 1 aliphatic rings. The van der Waals surface area contributed by atoms with Gasteiger partial charge in [-0.25, -0.2) is 0 Å². The van der Waals surface area contributed by atoms with E-state index in [9.17, 15) is 33.2 Å². The molecule has 2 aromatic carbocycles. The number of carbonyl (C=O) groups is 1. The van der Waals surface area contributed by atoms with Crippen molar-refractivity contribution in [1.29, 1.82) is 0 Å². The Bertz CT molecular complexity index is 977. The maximum atomic E-state index is 13.6. The van der Waals surface area contributed by atoms with Gasteiger partial charge in [0.1, 0.15) is 0 Å². The third kappa shape index (κ3) is 4.08. The molecule has 0 spiro atoms. The molecule has 0 radical (unpaired) electrons. The van der Waals surface area contributed by atoms with Gasteiger partial charge in [-0.05, 0) is 23.3 Å². The fraction of sp³-hybridized carbons (Fsp3) is 0.222. The first kappa shape index (κ1) is 20.7. The van der Waals surface area contributed by atoms with E-state index in [1.165, 1.54) is 36.4 Å². The van der Waals surface area contributed by atoms with Crippen molar-refractivity contribution in [3.05, 3.63) is 74.8 Å². The second-order valence-electron chi connectivity index (χ2n) is 6.35. The predicted molar refractivity (Wildman–Crippen MR) is 97.3 cm³/mol. The normalized spacial score (nSPS) is 19.2. The minimum absolute atomic E-state index is 0.0261. The van der Waals surface area contributed by atoms with Gasteiger partial charge in [-0.1, -0.05) is 35.9 Å². The first-order valence-corrected chi connectivity index (χ1v) is 8.58. The monoisotopic (exact) mass is 427 g/mol. The van der Waals surface area contributed by atoms with Crippen LogP contribution in [0.2, 0.25) is 5.02 Å². The summed E-state index contributed by atoms with van der Waals surface area (Å²) in [5.74, 6) is -1.11. The van der Waals surface area contributed by atoms with Crippen molar-refractivity contribution < 1.29 is 28.0 Å². The summed E-state index contributed by atoms with van der Waals surface area (Å²) in [7, 11) is 0. The fourth-order valence-corrected chi connectivity index (χ4v) is 2.94. The standard InChI is InChI=1S/C18H13ClF3N3O4/c19-13-5-3-12(4-6-13)15-10-17(27,18(20,21)22)24(23-15)16(26)9-11-1-7-14(8-2-11)25(28)29/h1-8,27H,9-10H2/t17-/m0/s1. The second kappa shape index (κ2) is 7.45. The molecule has 1 aliphatic heterocycles. The zero-order chi connectivity index (χ0) is 21.4. The lowest BCUT2D eigenvalue weighted by Gasteiger charge is -2.32. The van der Waals surface area contributed by atoms with Crippen molar-refractivity contribution in [2.75, 3.05) is 0 Å². The van der Waals surface area contributed by atoms with Gasteiger partial charge in [0.2, 0.25) is 5.91 Å². The van der Waals surface area contributed by atoms with Crippen LogP contribution in [-0.2, 0) is 11.2 Å². The minimum Gasteiger partial charge on any atom is -0.362 e. The van der Waals surface area contributed by atoms with Gasteiger partial charge in [0.05, 0.1) is 23.5 Å². The van der Waals surface area contributed by atoms with Gasteiger partial charge in [0.15, 0.2) is 0 Å². The predicted octanol–water partition coefficient (Wildman–Crippen LogP) is 3.68. The largest absolute Gasteiger partial charge is 0.438 e. The van der Waals surface area contributed by atoms with Crippen molar-refractivity contribution in [3.63, 3.8) is 0 Å². The molecule has 3 rings (SSSR count). The Morgan fingerprint density at radius 1 is 1.21 bits per heavy atom. The molecule has 1 atom stereocenters. The Labute approximate surface area is 167 Å². The average molecular weight is 428 g/mol. The number of aliphatic hydroxyl groups is 1. The van der Waals surface area contributed by atoms with E-state index in [4.69, 9.17) is 11.6 Å². The van der Waals surface area contributed by atoms with Crippen molar-refractivity contribution in [1.82, 2.24) is 5.01 Å². The molecular formula is C18H13ClF3N3O4. The molecule has 0 aliphatic carbocycles. The second-order valence-corrected chi connectivity index (χ2v) is 6.79. The average Bonchev–Trinajstić information content (AvgIpc) is 3.02. The zero-order valence-electron chi connectivity index (χ0n) is 14.6. The summed E-state index contributed by atoms with van der Waals surface area (Å²) in [6.07, 6.45) is -6.63. The van der Waals surface area contributed by atoms with Gasteiger partial charge in [-0.15, -0.1) is 0 Å². The number of nitro groups is 1. The Kier molecular flexibility index (Phi) is 5.33. The zero-order valence-corrected chi connectivity index (χ0v) is 15.3. The molecule has 1 heterocycles. The number of nitro benzene ring substituents is 1. The SMILES string of the molecule is O=C(Cc1ccc([N+](=O)[O-])cc1)N1N=C(c2ccc(Cl)cc2)C[C@]1(O)C(F)(F)F. The molecule has 1 amide bonds. The Morgan fingerprint density at radius 3 is 2.31 bits per heavy atom. The van der Waals surface area contributed by atoms with E-state index in [2.05, 4.69) is 5.10 Å². The van der Waals surface area contributed by atoms with Crippen molar-refractivity contribution in [3.8, 4) is 0 Å². The lowest BCUT2D eigenvalue weighted by Crippen LogP contribution is -2.57. The highest BCUT2D eigenvalue weighted by Crippen LogP contribution is 2.41. The Balaban J connectivity index is 1.90. The highest BCUT2D eigenvalue weighted by Gasteiger charge is 2.63. The van der Waals surface area contributed by atoms with E-state index in [0.29, 0.717) is 5.02 Å². The number of rotatable bonds is 4. The number of alkyl halides is 3. The van der Waals surface area contributed by atoms with Gasteiger partial charge in [-0.3, -0.25) is 14.9 Å². The maximum Gasteiger partial charge on any atom is 0.438 e. The molecule has 0 saturated heterocycles. The molecule has 0 aromatic heterocycles. The minimum atomic E-state index is -5.16. The first-order valence-electron chi connectivity index (χ1n) is 8.20. The van der Waals surface area contributed by atoms with Gasteiger partial charge >= 0.3 is 6.18 Å². The van der Waals surface area contributed by atoms with Crippen LogP contribution in [0.1, 0.15) is 17.5 Å². The van der Waals surface area contributed by atoms with E-state index in [-0.39, 0.29) is 27.5 Å². The number of non-ortho nitro benzene ring substituents is 1. The number of carbonyl (C=O) groups excluding carboxylic acids is 1. The molecule has 1 N–H and O–H groups in total. The van der Waals surface area contributed by atoms with Crippen LogP contribution < -0.4 is 0 Å². The van der Waals surface area contributed by atoms with Crippen LogP contribution in [0, 0.1) is 10.1 Å². The Hall–Kier alpha value is -2.98. The number of amides is 1. The number of benzene rings is 2. The molecule has 0 fully saturated rings. The van der Waals surface area contributed by atoms with Crippen LogP contribution in [0.25, 0.3) is 0 Å². The third-order valence-electron chi connectivity index (χ3n) is 4.36. The van der Waals surface area contributed by atoms with E-state index < -0.39 is 35.6 Å². The van der Waals surface area contributed by atoms with Crippen molar-refractivity contribution >= 4 is 28.9 Å². The maximum absolute atomic E-state index is 13.6. The van der Waals surface area contributed by atoms with Crippen LogP contribution in [0.4, 0.5) is 18.9 Å². The van der Waals surface area contributed by atoms with Crippen LogP contribution in [0.3, 0.4) is 0 Å². The van der Waals surface area contributed by atoms with Crippen LogP contribution in [-0.4, -0.2) is 38.6 Å². The number of hydrazone groups is 1. The molecule has 11 heteroatoms. The smallest absolute Gasteiger partial charge is 0.362 e. The van der Waals surface area contributed by atoms with Crippen LogP contribution in [0.5, 0.6) is 0 Å². The third-order valence-corrected chi connectivity index (χ3v) is 4.61. The van der Waals surface area contributed by atoms with Gasteiger partial charge in [-0.2, -0.15) is 23.3 Å². The Morgan fingerprint density at radius 2 is 1.79 bits per heavy atom. The first-order chi connectivity index (χ1) is 13.5. The van der Waals surface area contributed by atoms with E-state index in [1.807, 2.05) is 0 Å². The molecular weight excluding hydrogens is 415 g/mol. The highest BCUT2D eigenvalue weighted by atomic mass is 35.5. The number of nitrogens with zero attached hydrogens (tertiary/aromatic N) is 3. The summed E-state index contributed by atoms with van der Waals surface area (Å²) in [6, 6.07) is 10.5. The van der Waals surface area contributed by atoms with Gasteiger partial charge in [0.25, 0.3) is 11.4 Å². The lowest BCUT2D eigenvalue weighted by molar-refractivity contribution is -0.384. The van der Waals surface area contributed by atoms with E-state index >= 15 is 0 Å². The topological polar surface area (TPSA) is 96.0 Å². The van der Waals surface area contributed by atoms with Crippen molar-refractivity contribution in [2.45, 2.75) is 24.7 Å². The molecule has 2 aromatic rings. The fourth-order valence-electron chi connectivity index (χ4n) is 2.82. The summed E-state index contributed by atoms with van der Waals surface area (Å²) in [4.78, 5) is 22.6. The summed E-state index contributed by atoms with van der Waals surface area (Å²) >= 11 is 5.77. The summed E-state index contributed by atoms with van der Waals surface area (Å²) in [5.41, 5.74) is -3.33. The van der Waals surface area contributed by atoms with E-state index in [0.717, 1.165) is 12.1 Å². The lowest BCUT2D eigenvalue weighted by atomic mass is 10.0. The number of halogens is 4. The number of hydrogen-bond acceptors (Lipinski definition) is 5. The van der Waals surface area contributed by atoms with Gasteiger partial charge in [0, 0.05) is 17.2 Å². The number of hydrogen-bond donors (Lipinski definition) is 1. The molecule has 29 heavy (non-hydrogen) atoms. The molecule has 0 saturated carbocycles. The van der Waals surface area contributed by atoms with Gasteiger partial charge < -0.3 is 5.11 Å². The van der Waals surface area contributed by atoms with E-state index in [1.54, 1.807) is 0 Å². The molecule has 7 nitrogen and oxygen atoms in total. The molecule has 0 bridgehead atoms. The summed E-state index contributed by atoms with van der Waals surface area (Å²) < 4.78 is 40.7. The quantitative estimate of drug-likeness (QED) is 0.594. The molecule has 152 valence electrons. The summed E-state index contributed by atoms with van der Waals surface area (Å²) in [6.45, 7) is 0. The molecule has 0 unspecified atom stereocenters. The highest BCUT2D eigenvalue weighted by molar-refractivity contribution is 6.30. The van der Waals surface area contributed by atoms with Crippen molar-refractivity contribution in [2.24, 2.45) is 5.10 Å². The van der Waals surface area contributed by atoms with Crippen LogP contribution >= 0.6 is 11.6 Å². The van der Waals surface area contributed by atoms with Crippen LogP contribution in [0.15, 0.2) is 53.6 Å².